The highest BCUT2D eigenvalue weighted by Gasteiger charge is 2.25. The van der Waals surface area contributed by atoms with Crippen LogP contribution in [0.1, 0.15) is 50.4 Å². The number of anilines is 2. The molecule has 6 rings (SSSR count). The molecule has 1 aliphatic heterocycles. The van der Waals surface area contributed by atoms with Gasteiger partial charge in [0.15, 0.2) is 0 Å². The summed E-state index contributed by atoms with van der Waals surface area (Å²) in [5.41, 5.74) is 4.67. The number of carbonyl (C=O) groups is 2. The molecule has 13 heteroatoms. The number of fused-ring (bicyclic) bond motifs is 1. The first kappa shape index (κ1) is 37.2. The molecule has 3 aromatic carbocycles. The highest BCUT2D eigenvalue weighted by Crippen LogP contribution is 2.37. The van der Waals surface area contributed by atoms with Crippen molar-refractivity contribution in [2.75, 3.05) is 57.1 Å². The number of methoxy groups -OCH3 is 1. The SMILES string of the molecule is COc1c(CS(=O)(=O)NCC(=O)NCC2CC2)cc(C(C)(C)C)cc1NC(=O)Nc1ccc(-c2ccc(CN3CCOCC3)nc2)c2ccccc12. The third kappa shape index (κ3) is 9.65. The summed E-state index contributed by atoms with van der Waals surface area (Å²) >= 11 is 0. The number of ether oxygens (including phenoxy) is 2. The number of aromatic nitrogens is 1. The molecule has 1 aliphatic carbocycles. The Morgan fingerprint density at radius 3 is 2.37 bits per heavy atom. The highest BCUT2D eigenvalue weighted by atomic mass is 32.2. The Bertz CT molecular complexity index is 2020. The van der Waals surface area contributed by atoms with E-state index >= 15 is 0 Å². The summed E-state index contributed by atoms with van der Waals surface area (Å²) in [5, 5.41) is 10.5. The fourth-order valence-corrected chi connectivity index (χ4v) is 7.32. The average Bonchev–Trinajstić information content (AvgIpc) is 3.95. The lowest BCUT2D eigenvalue weighted by atomic mass is 9.85. The van der Waals surface area contributed by atoms with Crippen LogP contribution in [0.2, 0.25) is 0 Å². The Morgan fingerprint density at radius 1 is 0.962 bits per heavy atom. The van der Waals surface area contributed by atoms with Crippen molar-refractivity contribution in [3.05, 3.63) is 83.7 Å². The number of amides is 3. The third-order valence-corrected chi connectivity index (χ3v) is 10.6. The molecule has 0 unspecified atom stereocenters. The number of urea groups is 1. The van der Waals surface area contributed by atoms with E-state index in [9.17, 15) is 18.0 Å². The lowest BCUT2D eigenvalue weighted by Gasteiger charge is -2.26. The average molecular weight is 729 g/mol. The molecule has 2 fully saturated rings. The van der Waals surface area contributed by atoms with Crippen molar-refractivity contribution in [2.45, 2.75) is 51.3 Å². The fraction of sp³-hybridized carbons (Fsp3) is 0.410. The second-order valence-corrected chi connectivity index (χ2v) is 16.3. The first-order chi connectivity index (χ1) is 24.9. The Hall–Kier alpha value is -4.56. The van der Waals surface area contributed by atoms with Crippen molar-refractivity contribution in [3.8, 4) is 16.9 Å². The molecule has 12 nitrogen and oxygen atoms in total. The fourth-order valence-electron chi connectivity index (χ4n) is 6.24. The number of pyridine rings is 1. The summed E-state index contributed by atoms with van der Waals surface area (Å²) < 4.78 is 39.9. The molecule has 2 heterocycles. The van der Waals surface area contributed by atoms with Crippen LogP contribution in [-0.4, -0.2) is 76.7 Å². The van der Waals surface area contributed by atoms with Crippen molar-refractivity contribution >= 4 is 44.1 Å². The molecule has 3 amide bonds. The van der Waals surface area contributed by atoms with E-state index in [2.05, 4.69) is 37.7 Å². The second-order valence-electron chi connectivity index (χ2n) is 14.5. The lowest BCUT2D eigenvalue weighted by Crippen LogP contribution is -2.38. The van der Waals surface area contributed by atoms with Gasteiger partial charge in [0.2, 0.25) is 15.9 Å². The predicted octanol–water partition coefficient (Wildman–Crippen LogP) is 5.63. The summed E-state index contributed by atoms with van der Waals surface area (Å²) in [6, 6.07) is 18.9. The molecule has 4 aromatic rings. The normalized spacial score (nSPS) is 15.3. The van der Waals surface area contributed by atoms with Crippen molar-refractivity contribution in [2.24, 2.45) is 5.92 Å². The number of nitrogens with one attached hydrogen (secondary N) is 4. The van der Waals surface area contributed by atoms with Gasteiger partial charge in [0, 0.05) is 48.9 Å². The zero-order valence-electron chi connectivity index (χ0n) is 30.3. The Balaban J connectivity index is 1.19. The smallest absolute Gasteiger partial charge is 0.323 e. The van der Waals surface area contributed by atoms with Gasteiger partial charge in [-0.2, -0.15) is 0 Å². The molecule has 1 aromatic heterocycles. The quantitative estimate of drug-likeness (QED) is 0.138. The number of rotatable bonds is 13. The summed E-state index contributed by atoms with van der Waals surface area (Å²) in [6.45, 7) is 10.3. The summed E-state index contributed by atoms with van der Waals surface area (Å²) in [4.78, 5) is 32.9. The van der Waals surface area contributed by atoms with Crippen molar-refractivity contribution in [1.29, 1.82) is 0 Å². The molecule has 2 aliphatic rings. The van der Waals surface area contributed by atoms with Crippen LogP contribution in [0.5, 0.6) is 5.75 Å². The number of hydrogen-bond donors (Lipinski definition) is 4. The molecule has 0 atom stereocenters. The van der Waals surface area contributed by atoms with Crippen LogP contribution in [-0.2, 0) is 37.3 Å². The van der Waals surface area contributed by atoms with Gasteiger partial charge in [-0.1, -0.05) is 63.2 Å². The minimum Gasteiger partial charge on any atom is -0.494 e. The molecule has 0 spiro atoms. The monoisotopic (exact) mass is 728 g/mol. The topological polar surface area (TPSA) is 151 Å². The van der Waals surface area contributed by atoms with Gasteiger partial charge < -0.3 is 25.4 Å². The zero-order valence-corrected chi connectivity index (χ0v) is 31.1. The summed E-state index contributed by atoms with van der Waals surface area (Å²) in [6.07, 6.45) is 4.05. The standard InChI is InChI=1S/C39H48N6O6S/c1-39(2,3)29-19-28(25-52(48,49)42-23-36(46)41-21-26-9-10-26)37(50-4)35(20-29)44-38(47)43-34-14-13-31(32-7-5-6-8-33(32)34)27-11-12-30(40-22-27)24-45-15-17-51-18-16-45/h5-8,11-14,19-20,22,26,42H,9-10,15-18,21,23-25H2,1-4H3,(H,41,46)(H2,43,44,47). The first-order valence-corrected chi connectivity index (χ1v) is 19.3. The van der Waals surface area contributed by atoms with E-state index in [1.54, 1.807) is 12.1 Å². The third-order valence-electron chi connectivity index (χ3n) is 9.36. The van der Waals surface area contributed by atoms with Crippen molar-refractivity contribution in [3.63, 3.8) is 0 Å². The number of carbonyl (C=O) groups excluding carboxylic acids is 2. The first-order valence-electron chi connectivity index (χ1n) is 17.7. The van der Waals surface area contributed by atoms with E-state index in [1.807, 2.05) is 63.4 Å². The van der Waals surface area contributed by atoms with Gasteiger partial charge in [0.1, 0.15) is 5.75 Å². The van der Waals surface area contributed by atoms with Gasteiger partial charge in [-0.25, -0.2) is 17.9 Å². The van der Waals surface area contributed by atoms with Crippen LogP contribution in [0.25, 0.3) is 21.9 Å². The van der Waals surface area contributed by atoms with E-state index in [4.69, 9.17) is 14.5 Å². The van der Waals surface area contributed by atoms with Gasteiger partial charge in [0.25, 0.3) is 0 Å². The highest BCUT2D eigenvalue weighted by molar-refractivity contribution is 7.88. The van der Waals surface area contributed by atoms with Gasteiger partial charge >= 0.3 is 6.03 Å². The number of hydrogen-bond acceptors (Lipinski definition) is 8. The Morgan fingerprint density at radius 2 is 1.69 bits per heavy atom. The van der Waals surface area contributed by atoms with Crippen LogP contribution in [0.15, 0.2) is 66.9 Å². The second kappa shape index (κ2) is 16.0. The molecular weight excluding hydrogens is 681 g/mol. The number of sulfonamides is 1. The van der Waals surface area contributed by atoms with Crippen LogP contribution < -0.4 is 25.4 Å². The van der Waals surface area contributed by atoms with Crippen molar-refractivity contribution in [1.82, 2.24) is 19.9 Å². The molecule has 0 bridgehead atoms. The molecule has 1 saturated carbocycles. The van der Waals surface area contributed by atoms with Gasteiger partial charge in [-0.15, -0.1) is 0 Å². The molecule has 4 N–H and O–H groups in total. The van der Waals surface area contributed by atoms with Gasteiger partial charge in [-0.3, -0.25) is 14.7 Å². The van der Waals surface area contributed by atoms with E-state index in [1.165, 1.54) is 7.11 Å². The maximum absolute atomic E-state index is 13.6. The number of benzene rings is 3. The van der Waals surface area contributed by atoms with Crippen molar-refractivity contribution < 1.29 is 27.5 Å². The van der Waals surface area contributed by atoms with E-state index < -0.39 is 21.8 Å². The number of morpholine rings is 1. The summed E-state index contributed by atoms with van der Waals surface area (Å²) in [7, 11) is -2.50. The van der Waals surface area contributed by atoms with Crippen LogP contribution >= 0.6 is 0 Å². The molecule has 1 saturated heterocycles. The van der Waals surface area contributed by atoms with Gasteiger partial charge in [0.05, 0.1) is 49.7 Å². The predicted molar refractivity (Wildman–Crippen MR) is 204 cm³/mol. The van der Waals surface area contributed by atoms with E-state index in [0.717, 1.165) is 78.8 Å². The maximum atomic E-state index is 13.6. The lowest BCUT2D eigenvalue weighted by molar-refractivity contribution is -0.120. The minimum atomic E-state index is -3.93. The van der Waals surface area contributed by atoms with Crippen LogP contribution in [0, 0.1) is 5.92 Å². The summed E-state index contributed by atoms with van der Waals surface area (Å²) in [5.74, 6) is -0.115. The van der Waals surface area contributed by atoms with E-state index in [-0.39, 0.29) is 23.6 Å². The number of nitrogens with zero attached hydrogens (tertiary/aromatic N) is 2. The van der Waals surface area contributed by atoms with Crippen LogP contribution in [0.3, 0.4) is 0 Å². The largest absolute Gasteiger partial charge is 0.494 e. The molecule has 0 radical (unpaired) electrons. The minimum absolute atomic E-state index is 0.219. The Kier molecular flexibility index (Phi) is 11.4. The van der Waals surface area contributed by atoms with Crippen LogP contribution in [0.4, 0.5) is 16.2 Å². The molecule has 276 valence electrons. The zero-order chi connectivity index (χ0) is 36.9. The molecule has 52 heavy (non-hydrogen) atoms. The molecular formula is C39H48N6O6S. The van der Waals surface area contributed by atoms with Gasteiger partial charge in [-0.05, 0) is 58.9 Å². The maximum Gasteiger partial charge on any atom is 0.323 e. The van der Waals surface area contributed by atoms with E-state index in [0.29, 0.717) is 29.4 Å². The Labute approximate surface area is 305 Å².